The van der Waals surface area contributed by atoms with Crippen LogP contribution in [0.5, 0.6) is 0 Å². The van der Waals surface area contributed by atoms with E-state index in [1.54, 1.807) is 24.3 Å². The molecular weight excluding hydrogens is 584 g/mol. The summed E-state index contributed by atoms with van der Waals surface area (Å²) >= 11 is 0. The van der Waals surface area contributed by atoms with Crippen LogP contribution < -0.4 is 10.0 Å². The lowest BCUT2D eigenvalue weighted by Gasteiger charge is -2.33. The summed E-state index contributed by atoms with van der Waals surface area (Å²) in [7, 11) is 0. The highest BCUT2D eigenvalue weighted by atomic mass is 16.6. The van der Waals surface area contributed by atoms with Crippen molar-refractivity contribution < 1.29 is 24.3 Å². The minimum Gasteiger partial charge on any atom is -0.871 e. The predicted molar refractivity (Wildman–Crippen MR) is 176 cm³/mol. The highest BCUT2D eigenvalue weighted by molar-refractivity contribution is 6.24. The van der Waals surface area contributed by atoms with Crippen LogP contribution in [0.15, 0.2) is 71.2 Å². The van der Waals surface area contributed by atoms with Gasteiger partial charge in [-0.25, -0.2) is 0 Å². The smallest absolute Gasteiger partial charge is 0.340 e. The molecule has 0 N–H and O–H groups in total. The van der Waals surface area contributed by atoms with Crippen molar-refractivity contribution >= 4 is 34.2 Å². The molecule has 0 saturated carbocycles. The number of para-hydroxylation sites is 2. The molecule has 0 atom stereocenters. The van der Waals surface area contributed by atoms with Gasteiger partial charge in [0.2, 0.25) is 0 Å². The molecule has 2 aromatic carbocycles. The molecule has 2 aromatic rings. The van der Waals surface area contributed by atoms with Crippen LogP contribution in [0.2, 0.25) is 0 Å². The second-order valence-corrected chi connectivity index (χ2v) is 14.3. The molecule has 0 bridgehead atoms. The van der Waals surface area contributed by atoms with Crippen molar-refractivity contribution in [3.05, 3.63) is 103 Å². The second-order valence-electron chi connectivity index (χ2n) is 14.3. The molecule has 0 radical (unpaired) electrons. The van der Waals surface area contributed by atoms with Crippen LogP contribution in [0.3, 0.4) is 0 Å². The molecule has 0 saturated heterocycles. The van der Waals surface area contributed by atoms with Crippen LogP contribution in [-0.4, -0.2) is 39.0 Å². The number of benzene rings is 2. The van der Waals surface area contributed by atoms with Crippen molar-refractivity contribution in [2.24, 2.45) is 11.8 Å². The van der Waals surface area contributed by atoms with E-state index in [1.807, 2.05) is 49.3 Å². The Hall–Kier alpha value is -4.60. The molecule has 46 heavy (non-hydrogen) atoms. The fourth-order valence-corrected chi connectivity index (χ4v) is 6.85. The van der Waals surface area contributed by atoms with E-state index in [9.17, 15) is 30.1 Å². The number of anilines is 1. The number of nitro benzene ring substituents is 2. The number of allylic oxidation sites excluding steroid dienone is 5. The summed E-state index contributed by atoms with van der Waals surface area (Å²) in [6, 6.07) is 10.1. The molecule has 242 valence electrons. The van der Waals surface area contributed by atoms with Crippen molar-refractivity contribution in [1.29, 1.82) is 0 Å². The van der Waals surface area contributed by atoms with Gasteiger partial charge in [0, 0.05) is 59.0 Å². The van der Waals surface area contributed by atoms with E-state index in [1.165, 1.54) is 12.1 Å². The number of rotatable bonds is 10. The van der Waals surface area contributed by atoms with Gasteiger partial charge in [0.1, 0.15) is 12.2 Å². The lowest BCUT2D eigenvalue weighted by Crippen LogP contribution is -2.35. The third-order valence-corrected chi connectivity index (χ3v) is 9.57. The summed E-state index contributed by atoms with van der Waals surface area (Å²) in [6.45, 7) is 17.1. The third-order valence-electron chi connectivity index (χ3n) is 9.57. The van der Waals surface area contributed by atoms with Gasteiger partial charge >= 0.3 is 5.69 Å². The van der Waals surface area contributed by atoms with Crippen LogP contribution >= 0.6 is 0 Å². The zero-order chi connectivity index (χ0) is 33.9. The van der Waals surface area contributed by atoms with E-state index in [-0.39, 0.29) is 32.4 Å². The minimum absolute atomic E-state index is 0.00964. The highest BCUT2D eigenvalue weighted by Crippen LogP contribution is 2.53. The molecule has 2 heterocycles. The van der Waals surface area contributed by atoms with Crippen LogP contribution in [0, 0.1) is 32.1 Å². The monoisotopic (exact) mass is 626 g/mol. The summed E-state index contributed by atoms with van der Waals surface area (Å²) in [5, 5.41) is 37.9. The van der Waals surface area contributed by atoms with Crippen molar-refractivity contribution in [3.8, 4) is 0 Å². The van der Waals surface area contributed by atoms with Gasteiger partial charge in [-0.15, -0.1) is 0 Å². The molecule has 10 nitrogen and oxygen atoms in total. The van der Waals surface area contributed by atoms with Gasteiger partial charge in [-0.05, 0) is 43.7 Å². The number of carbonyl (C=O) groups is 1. The van der Waals surface area contributed by atoms with E-state index in [2.05, 4.69) is 27.7 Å². The first kappa shape index (κ1) is 32.8. The van der Waals surface area contributed by atoms with E-state index >= 15 is 0 Å². The number of hydrogen-bond donors (Lipinski definition) is 0. The van der Waals surface area contributed by atoms with Crippen molar-refractivity contribution in [1.82, 2.24) is 0 Å². The van der Waals surface area contributed by atoms with E-state index < -0.39 is 22.4 Å². The summed E-state index contributed by atoms with van der Waals surface area (Å²) in [4.78, 5) is 39.0. The largest absolute Gasteiger partial charge is 0.871 e. The number of nitro groups is 2. The number of ketones is 1. The summed E-state index contributed by atoms with van der Waals surface area (Å²) < 4.78 is 1.90. The average Bonchev–Trinajstić information content (AvgIpc) is 3.33. The molecular formula is C36H42N4O6. The van der Waals surface area contributed by atoms with Gasteiger partial charge in [-0.3, -0.25) is 25.0 Å². The fourth-order valence-electron chi connectivity index (χ4n) is 6.85. The molecule has 10 heteroatoms. The van der Waals surface area contributed by atoms with Crippen molar-refractivity contribution in [3.63, 3.8) is 0 Å². The van der Waals surface area contributed by atoms with Gasteiger partial charge in [0.15, 0.2) is 11.5 Å². The molecule has 0 fully saturated rings. The quantitative estimate of drug-likeness (QED) is 0.123. The first-order valence-corrected chi connectivity index (χ1v) is 15.9. The standard InChI is InChI=1S/C36H42N4O6/c1-21(2)15-17-37-29(35(5,6)25-11-9-13-27(31(25)37)39(43)44)19-23-33(41)24(34(23)42)20-30-36(7,8)26-12-10-14-28(40(45)46)32(26)38(30)18-16-22(3)4/h9-14,19-22H,15-18H2,1-8H3. The maximum Gasteiger partial charge on any atom is 0.340 e. The Morgan fingerprint density at radius 2 is 1.43 bits per heavy atom. The van der Waals surface area contributed by atoms with Gasteiger partial charge in [0.05, 0.1) is 15.3 Å². The Morgan fingerprint density at radius 1 is 0.848 bits per heavy atom. The SMILES string of the molecule is CC(C)CCN1/C(=C\C2=C([O-])C(=C\C3=[N+](CCC(C)C)c4c([N+](=O)[O-])cccc4C3(C)C)/C2=O)C(C)(C)c2cccc([N+](=O)[O-])c21. The number of nitrogens with zero attached hydrogens (tertiary/aromatic N) is 4. The maximum absolute atomic E-state index is 13.8. The lowest BCUT2D eigenvalue weighted by atomic mass is 9.77. The molecule has 2 aliphatic heterocycles. The first-order chi connectivity index (χ1) is 21.5. The second kappa shape index (κ2) is 11.6. The highest BCUT2D eigenvalue weighted by Gasteiger charge is 2.50. The van der Waals surface area contributed by atoms with Gasteiger partial charge in [-0.1, -0.05) is 71.6 Å². The number of hydrogen-bond acceptors (Lipinski definition) is 7. The minimum atomic E-state index is -0.693. The van der Waals surface area contributed by atoms with Crippen molar-refractivity contribution in [2.75, 3.05) is 18.0 Å². The molecule has 0 spiro atoms. The predicted octanol–water partition coefficient (Wildman–Crippen LogP) is 6.78. The Kier molecular flexibility index (Phi) is 8.30. The Bertz CT molecular complexity index is 1790. The third kappa shape index (κ3) is 5.23. The van der Waals surface area contributed by atoms with Gasteiger partial charge in [0.25, 0.3) is 11.4 Å². The Balaban J connectivity index is 1.64. The molecule has 3 aliphatic rings. The van der Waals surface area contributed by atoms with Crippen LogP contribution in [0.1, 0.15) is 79.4 Å². The normalized spacial score (nSPS) is 19.9. The number of Topliss-reactive ketones (excluding diaryl/α,β-unsaturated/α-hetero) is 1. The van der Waals surface area contributed by atoms with E-state index in [0.717, 1.165) is 24.0 Å². The maximum atomic E-state index is 13.8. The molecule has 1 aliphatic carbocycles. The summed E-state index contributed by atoms with van der Waals surface area (Å²) in [6.07, 6.45) is 4.75. The topological polar surface area (TPSA) is 133 Å². The summed E-state index contributed by atoms with van der Waals surface area (Å²) in [5.74, 6) is -0.147. The number of carbonyl (C=O) groups excluding carboxylic acids is 1. The number of fused-ring (bicyclic) bond motifs is 2. The van der Waals surface area contributed by atoms with E-state index in [0.29, 0.717) is 47.7 Å². The van der Waals surface area contributed by atoms with Gasteiger partial charge < -0.3 is 10.0 Å². The van der Waals surface area contributed by atoms with Crippen molar-refractivity contribution in [2.45, 2.75) is 79.1 Å². The molecule has 5 rings (SSSR count). The van der Waals surface area contributed by atoms with Crippen LogP contribution in [0.25, 0.3) is 0 Å². The lowest BCUT2D eigenvalue weighted by molar-refractivity contribution is -0.456. The Morgan fingerprint density at radius 3 is 2.00 bits per heavy atom. The molecule has 0 amide bonds. The van der Waals surface area contributed by atoms with Crippen LogP contribution in [-0.2, 0) is 15.6 Å². The Labute approximate surface area is 269 Å². The first-order valence-electron chi connectivity index (χ1n) is 15.9. The molecule has 0 aromatic heterocycles. The van der Waals surface area contributed by atoms with Crippen LogP contribution in [0.4, 0.5) is 22.7 Å². The average molecular weight is 627 g/mol. The van der Waals surface area contributed by atoms with E-state index in [4.69, 9.17) is 0 Å². The van der Waals surface area contributed by atoms with Gasteiger partial charge in [-0.2, -0.15) is 4.58 Å². The summed E-state index contributed by atoms with van der Waals surface area (Å²) in [5.41, 5.74) is 2.56. The zero-order valence-corrected chi connectivity index (χ0v) is 27.8. The molecule has 0 unspecified atom stereocenters. The zero-order valence-electron chi connectivity index (χ0n) is 27.8. The fraction of sp³-hybridized carbons (Fsp3) is 0.444.